The van der Waals surface area contributed by atoms with Crippen LogP contribution in [0.1, 0.15) is 50.0 Å². The second-order valence-corrected chi connectivity index (χ2v) is 8.96. The smallest absolute Gasteiger partial charge is 0.270 e. The molecule has 1 aliphatic carbocycles. The predicted octanol–water partition coefficient (Wildman–Crippen LogP) is 3.23. The molecule has 8 heteroatoms. The van der Waals surface area contributed by atoms with E-state index in [9.17, 15) is 9.18 Å². The molecule has 1 saturated carbocycles. The Balaban J connectivity index is 1.65. The van der Waals surface area contributed by atoms with Crippen LogP contribution in [0, 0.1) is 11.8 Å². The van der Waals surface area contributed by atoms with Gasteiger partial charge in [-0.2, -0.15) is 0 Å². The normalized spacial score (nSPS) is 17.5. The van der Waals surface area contributed by atoms with Crippen molar-refractivity contribution in [1.29, 1.82) is 0 Å². The number of alkyl halides is 1. The minimum Gasteiger partial charge on any atom is -0.476 e. The van der Waals surface area contributed by atoms with Crippen molar-refractivity contribution < 1.29 is 23.4 Å². The van der Waals surface area contributed by atoms with E-state index in [1.165, 1.54) is 12.8 Å². The monoisotopic (exact) mass is 437 g/mol. The van der Waals surface area contributed by atoms with Gasteiger partial charge in [0.2, 0.25) is 5.88 Å². The number of rotatable bonds is 14. The molecule has 2 heterocycles. The number of carbonyl (C=O) groups excluding carboxylic acids is 1. The van der Waals surface area contributed by atoms with Gasteiger partial charge in [0.25, 0.3) is 5.91 Å². The zero-order valence-corrected chi connectivity index (χ0v) is 18.9. The van der Waals surface area contributed by atoms with Crippen molar-refractivity contribution in [1.82, 2.24) is 10.3 Å². The topological polar surface area (TPSA) is 72.9 Å². The average Bonchev–Trinajstić information content (AvgIpc) is 3.53. The highest BCUT2D eigenvalue weighted by Crippen LogP contribution is 2.34. The number of methoxy groups -OCH3 is 1. The number of aromatic nitrogens is 1. The highest BCUT2D eigenvalue weighted by Gasteiger charge is 2.31. The minimum atomic E-state index is -0.400. The van der Waals surface area contributed by atoms with Crippen LogP contribution >= 0.6 is 0 Å². The van der Waals surface area contributed by atoms with E-state index in [0.717, 1.165) is 25.2 Å². The minimum absolute atomic E-state index is 0.151. The average molecular weight is 438 g/mol. The van der Waals surface area contributed by atoms with Crippen LogP contribution in [0.4, 0.5) is 10.1 Å². The molecule has 2 aliphatic rings. The molecule has 174 valence electrons. The molecule has 1 aliphatic heterocycles. The molecule has 1 N–H and O–H groups in total. The maximum atomic E-state index is 12.9. The summed E-state index contributed by atoms with van der Waals surface area (Å²) in [5.74, 6) is 1.24. The van der Waals surface area contributed by atoms with Crippen molar-refractivity contribution in [2.24, 2.45) is 11.8 Å². The first-order valence-corrected chi connectivity index (χ1v) is 11.4. The summed E-state index contributed by atoms with van der Waals surface area (Å²) in [5, 5.41) is 3.03. The molecule has 2 fully saturated rings. The van der Waals surface area contributed by atoms with Crippen molar-refractivity contribution >= 4 is 11.6 Å². The van der Waals surface area contributed by atoms with E-state index in [0.29, 0.717) is 49.7 Å². The van der Waals surface area contributed by atoms with Gasteiger partial charge in [-0.25, -0.2) is 4.98 Å². The summed E-state index contributed by atoms with van der Waals surface area (Å²) in [4.78, 5) is 19.6. The number of halogens is 1. The number of hydrogen-bond donors (Lipinski definition) is 1. The van der Waals surface area contributed by atoms with Crippen LogP contribution in [0.25, 0.3) is 0 Å². The van der Waals surface area contributed by atoms with Crippen molar-refractivity contribution in [3.05, 3.63) is 17.8 Å². The number of carbonyl (C=O) groups is 1. The summed E-state index contributed by atoms with van der Waals surface area (Å²) in [5.41, 5.74) is 1.23. The molecule has 0 aromatic carbocycles. The first-order chi connectivity index (χ1) is 15.0. The Hall–Kier alpha value is -1.93. The van der Waals surface area contributed by atoms with Crippen LogP contribution in [0.15, 0.2) is 12.1 Å². The van der Waals surface area contributed by atoms with Crippen LogP contribution in [-0.4, -0.2) is 69.7 Å². The Labute approximate surface area is 184 Å². The van der Waals surface area contributed by atoms with Gasteiger partial charge in [0.1, 0.15) is 11.4 Å². The van der Waals surface area contributed by atoms with E-state index in [2.05, 4.69) is 29.0 Å². The Morgan fingerprint density at radius 3 is 2.74 bits per heavy atom. The molecule has 1 saturated heterocycles. The van der Waals surface area contributed by atoms with Gasteiger partial charge in [-0.1, -0.05) is 13.8 Å². The molecule has 1 amide bonds. The SMILES string of the molecule is COC1CN(c2ccc(C(=O)N[C@H](COCCCF)CC(C)C)nc2OCC2CC2)C1. The molecule has 0 radical (unpaired) electrons. The lowest BCUT2D eigenvalue weighted by atomic mass is 10.0. The fourth-order valence-electron chi connectivity index (χ4n) is 3.55. The summed E-state index contributed by atoms with van der Waals surface area (Å²) in [7, 11) is 1.72. The molecule has 1 aromatic rings. The molecular weight excluding hydrogens is 401 g/mol. The summed E-state index contributed by atoms with van der Waals surface area (Å²) >= 11 is 0. The highest BCUT2D eigenvalue weighted by atomic mass is 19.1. The van der Waals surface area contributed by atoms with E-state index in [1.807, 2.05) is 6.07 Å². The highest BCUT2D eigenvalue weighted by molar-refractivity contribution is 5.93. The summed E-state index contributed by atoms with van der Waals surface area (Å²) in [6, 6.07) is 3.50. The number of hydrogen-bond acceptors (Lipinski definition) is 6. The molecule has 0 spiro atoms. The lowest BCUT2D eigenvalue weighted by Gasteiger charge is -2.40. The van der Waals surface area contributed by atoms with Crippen LogP contribution in [0.2, 0.25) is 0 Å². The predicted molar refractivity (Wildman–Crippen MR) is 118 cm³/mol. The number of ether oxygens (including phenoxy) is 3. The Kier molecular flexibility index (Phi) is 8.90. The van der Waals surface area contributed by atoms with Crippen molar-refractivity contribution in [2.45, 2.75) is 51.7 Å². The number of nitrogens with zero attached hydrogens (tertiary/aromatic N) is 2. The Morgan fingerprint density at radius 1 is 1.32 bits per heavy atom. The molecule has 7 nitrogen and oxygen atoms in total. The molecule has 1 aromatic heterocycles. The Bertz CT molecular complexity index is 708. The van der Waals surface area contributed by atoms with Crippen molar-refractivity contribution in [2.75, 3.05) is 51.6 Å². The van der Waals surface area contributed by atoms with Crippen molar-refractivity contribution in [3.8, 4) is 5.88 Å². The second kappa shape index (κ2) is 11.6. The van der Waals surface area contributed by atoms with Gasteiger partial charge in [0, 0.05) is 26.8 Å². The molecule has 0 bridgehead atoms. The van der Waals surface area contributed by atoms with Gasteiger partial charge in [-0.05, 0) is 49.7 Å². The number of nitrogens with one attached hydrogen (secondary N) is 1. The molecule has 0 unspecified atom stereocenters. The summed E-state index contributed by atoms with van der Waals surface area (Å²) in [6.45, 7) is 6.71. The van der Waals surface area contributed by atoms with Gasteiger partial charge in [0.05, 0.1) is 32.0 Å². The number of amides is 1. The summed E-state index contributed by atoms with van der Waals surface area (Å²) < 4.78 is 29.2. The maximum absolute atomic E-state index is 12.9. The number of pyridine rings is 1. The standard InChI is InChI=1S/C23H36FN3O4/c1-16(2)11-18(15-30-10-4-9-24)25-22(28)20-7-8-21(27-12-19(13-27)29-3)23(26-20)31-14-17-5-6-17/h7-8,16-19H,4-6,9-15H2,1-3H3,(H,25,28)/t18-/m0/s1. The Morgan fingerprint density at radius 2 is 2.10 bits per heavy atom. The third-order valence-electron chi connectivity index (χ3n) is 5.58. The van der Waals surface area contributed by atoms with Crippen LogP contribution in [-0.2, 0) is 9.47 Å². The third kappa shape index (κ3) is 7.31. The first-order valence-electron chi connectivity index (χ1n) is 11.4. The second-order valence-electron chi connectivity index (χ2n) is 8.96. The largest absolute Gasteiger partial charge is 0.476 e. The van der Waals surface area contributed by atoms with E-state index in [1.54, 1.807) is 13.2 Å². The van der Waals surface area contributed by atoms with Gasteiger partial charge in [-0.15, -0.1) is 0 Å². The fourth-order valence-corrected chi connectivity index (χ4v) is 3.55. The van der Waals surface area contributed by atoms with E-state index >= 15 is 0 Å². The van der Waals surface area contributed by atoms with Crippen LogP contribution < -0.4 is 15.0 Å². The molecular formula is C23H36FN3O4. The summed E-state index contributed by atoms with van der Waals surface area (Å²) in [6.07, 6.45) is 3.73. The van der Waals surface area contributed by atoms with Crippen molar-refractivity contribution in [3.63, 3.8) is 0 Å². The van der Waals surface area contributed by atoms with Gasteiger partial charge < -0.3 is 24.4 Å². The first kappa shape index (κ1) is 23.7. The fraction of sp³-hybridized carbons (Fsp3) is 0.739. The quantitative estimate of drug-likeness (QED) is 0.451. The zero-order chi connectivity index (χ0) is 22.2. The maximum Gasteiger partial charge on any atom is 0.270 e. The van der Waals surface area contributed by atoms with E-state index < -0.39 is 6.67 Å². The van der Waals surface area contributed by atoms with Crippen LogP contribution in [0.5, 0.6) is 5.88 Å². The van der Waals surface area contributed by atoms with Gasteiger partial charge in [-0.3, -0.25) is 9.18 Å². The molecule has 31 heavy (non-hydrogen) atoms. The van der Waals surface area contributed by atoms with Gasteiger partial charge >= 0.3 is 0 Å². The van der Waals surface area contributed by atoms with Crippen LogP contribution in [0.3, 0.4) is 0 Å². The van der Waals surface area contributed by atoms with E-state index in [4.69, 9.17) is 14.2 Å². The number of anilines is 1. The van der Waals surface area contributed by atoms with E-state index in [-0.39, 0.29) is 18.1 Å². The third-order valence-corrected chi connectivity index (χ3v) is 5.58. The van der Waals surface area contributed by atoms with Gasteiger partial charge in [0.15, 0.2) is 0 Å². The lowest BCUT2D eigenvalue weighted by molar-refractivity contribution is 0.0777. The molecule has 3 rings (SSSR count). The molecule has 1 atom stereocenters. The lowest BCUT2D eigenvalue weighted by Crippen LogP contribution is -2.52. The zero-order valence-electron chi connectivity index (χ0n) is 18.9.